The molecular formula is C28H34Br3N10NaO4. The summed E-state index contributed by atoms with van der Waals surface area (Å²) in [4.78, 5) is 21.8. The first-order valence-corrected chi connectivity index (χ1v) is 15.4. The molecule has 14 nitrogen and oxygen atoms in total. The summed E-state index contributed by atoms with van der Waals surface area (Å²) in [5.41, 5.74) is 15.4. The van der Waals surface area contributed by atoms with Crippen molar-refractivity contribution in [3.8, 4) is 23.1 Å². The molecule has 0 spiro atoms. The Bertz CT molecular complexity index is 1670. The molecule has 4 heterocycles. The molecule has 0 bridgehead atoms. The average Bonchev–Trinajstić information content (AvgIpc) is 3.68. The molecule has 0 fully saturated rings. The number of ether oxygens (including phenoxy) is 2. The number of allylic oxidation sites excluding steroid dienone is 1. The van der Waals surface area contributed by atoms with Gasteiger partial charge in [-0.25, -0.2) is 19.9 Å². The number of aromatic nitrogens is 6. The van der Waals surface area contributed by atoms with Crippen molar-refractivity contribution >= 4 is 59.5 Å². The molecule has 0 atom stereocenters. The molecule has 4 aromatic heterocycles. The minimum atomic E-state index is -0.0679. The SMILES string of the molecule is C=C(Br)CBr.C=C(Br)CO/N=C(\N)c1ccc(-n2cnc(C)c2)c(OC)n1.COc1nc(/C(N)=N/O)ccc1-n1cnc(C)c1.[H-].[Na+]. The third-order valence-electron chi connectivity index (χ3n) is 5.21. The van der Waals surface area contributed by atoms with Crippen LogP contribution >= 0.6 is 47.8 Å². The van der Waals surface area contributed by atoms with Crippen molar-refractivity contribution in [1.29, 1.82) is 0 Å². The van der Waals surface area contributed by atoms with Crippen molar-refractivity contribution in [2.75, 3.05) is 26.2 Å². The maximum absolute atomic E-state index is 8.61. The molecule has 4 aromatic rings. The molecule has 46 heavy (non-hydrogen) atoms. The van der Waals surface area contributed by atoms with Gasteiger partial charge in [0.25, 0.3) is 0 Å². The topological polar surface area (TPSA) is 186 Å². The predicted octanol–water partition coefficient (Wildman–Crippen LogP) is 2.22. The fraction of sp³-hybridized carbons (Fsp3) is 0.214. The van der Waals surface area contributed by atoms with Crippen molar-refractivity contribution in [1.82, 2.24) is 29.1 Å². The van der Waals surface area contributed by atoms with Crippen molar-refractivity contribution in [2.45, 2.75) is 13.8 Å². The Morgan fingerprint density at radius 2 is 1.30 bits per heavy atom. The second-order valence-corrected chi connectivity index (χ2v) is 11.5. The molecule has 0 saturated heterocycles. The molecule has 18 heteroatoms. The summed E-state index contributed by atoms with van der Waals surface area (Å²) in [7, 11) is 3.05. The first-order valence-electron chi connectivity index (χ1n) is 12.7. The van der Waals surface area contributed by atoms with Gasteiger partial charge in [-0.1, -0.05) is 71.3 Å². The van der Waals surface area contributed by atoms with E-state index in [1.807, 2.05) is 36.9 Å². The summed E-state index contributed by atoms with van der Waals surface area (Å²) >= 11 is 9.47. The smallest absolute Gasteiger partial charge is 1.00 e. The Morgan fingerprint density at radius 1 is 0.870 bits per heavy atom. The standard InChI is InChI=1S/C14H16BrN5O2.C11H13N5O2.C3H4Br2.Na.H/c1-9(15)7-22-19-13(16)11-4-5-12(14(18-11)21-3)20-6-10(2)17-8-20;1-7-5-16(6-13-7)9-4-3-8(10(12)15-17)14-11(9)18-2;1-3(5)2-4;;/h4-6,8H,1,7H2,2-3H3,(H2,16,19);3-6,17H,1-2H3,(H2,12,15);1-2H2;;/q;;;+1;-1. The van der Waals surface area contributed by atoms with Crippen LogP contribution in [0.4, 0.5) is 0 Å². The van der Waals surface area contributed by atoms with Gasteiger partial charge < -0.3 is 41.5 Å². The molecule has 4 rings (SSSR count). The van der Waals surface area contributed by atoms with Gasteiger partial charge in [-0.2, -0.15) is 0 Å². The van der Waals surface area contributed by atoms with Gasteiger partial charge in [-0.15, -0.1) is 0 Å². The average molecular weight is 837 g/mol. The number of pyridine rings is 2. The van der Waals surface area contributed by atoms with Crippen LogP contribution in [0.25, 0.3) is 11.4 Å². The van der Waals surface area contributed by atoms with Crippen LogP contribution in [0.1, 0.15) is 24.2 Å². The van der Waals surface area contributed by atoms with Gasteiger partial charge in [0.05, 0.1) is 38.3 Å². The molecule has 0 aliphatic carbocycles. The summed E-state index contributed by atoms with van der Waals surface area (Å²) in [5.74, 6) is 0.872. The molecule has 0 aliphatic heterocycles. The maximum Gasteiger partial charge on any atom is 1.00 e. The number of hydrogen-bond donors (Lipinski definition) is 3. The van der Waals surface area contributed by atoms with Crippen molar-refractivity contribution < 1.29 is 50.5 Å². The molecule has 0 aromatic carbocycles. The molecule has 242 valence electrons. The van der Waals surface area contributed by atoms with E-state index in [2.05, 4.69) is 91.2 Å². The quantitative estimate of drug-likeness (QED) is 0.0535. The Morgan fingerprint density at radius 3 is 1.63 bits per heavy atom. The number of rotatable bonds is 10. The Kier molecular flexibility index (Phi) is 18.5. The van der Waals surface area contributed by atoms with E-state index in [0.29, 0.717) is 27.6 Å². The van der Waals surface area contributed by atoms with Crippen LogP contribution in [0.3, 0.4) is 0 Å². The molecular weight excluding hydrogens is 803 g/mol. The van der Waals surface area contributed by atoms with E-state index in [9.17, 15) is 0 Å². The monoisotopic (exact) mass is 834 g/mol. The fourth-order valence-corrected chi connectivity index (χ4v) is 3.32. The summed E-state index contributed by atoms with van der Waals surface area (Å²) in [6, 6.07) is 6.97. The molecule has 0 unspecified atom stereocenters. The number of amidine groups is 2. The van der Waals surface area contributed by atoms with Crippen molar-refractivity contribution in [2.24, 2.45) is 21.8 Å². The van der Waals surface area contributed by atoms with Crippen LogP contribution in [0.2, 0.25) is 0 Å². The first-order chi connectivity index (χ1) is 21.4. The third-order valence-corrected chi connectivity index (χ3v) is 7.15. The van der Waals surface area contributed by atoms with Gasteiger partial charge >= 0.3 is 29.6 Å². The van der Waals surface area contributed by atoms with Crippen LogP contribution in [0.5, 0.6) is 11.8 Å². The van der Waals surface area contributed by atoms with Gasteiger partial charge in [0, 0.05) is 22.2 Å². The van der Waals surface area contributed by atoms with Crippen LogP contribution in [-0.4, -0.2) is 72.1 Å². The number of hydrogen-bond acceptors (Lipinski definition) is 10. The second kappa shape index (κ2) is 20.8. The number of halogens is 3. The molecule has 0 saturated carbocycles. The van der Waals surface area contributed by atoms with Gasteiger partial charge in [-0.3, -0.25) is 0 Å². The van der Waals surface area contributed by atoms with Gasteiger partial charge in [0.2, 0.25) is 11.8 Å². The van der Waals surface area contributed by atoms with E-state index < -0.39 is 0 Å². The van der Waals surface area contributed by atoms with E-state index in [1.54, 1.807) is 35.4 Å². The van der Waals surface area contributed by atoms with Gasteiger partial charge in [-0.05, 0) is 42.6 Å². The Balaban J connectivity index is 0.000000768. The first kappa shape index (κ1) is 40.8. The number of nitrogens with zero attached hydrogens (tertiary/aromatic N) is 8. The van der Waals surface area contributed by atoms with E-state index in [4.69, 9.17) is 31.0 Å². The number of nitrogens with two attached hydrogens (primary N) is 2. The van der Waals surface area contributed by atoms with Crippen LogP contribution in [0, 0.1) is 13.8 Å². The van der Waals surface area contributed by atoms with Gasteiger partial charge in [0.15, 0.2) is 11.7 Å². The minimum Gasteiger partial charge on any atom is -1.00 e. The normalized spacial score (nSPS) is 10.8. The van der Waals surface area contributed by atoms with Crippen molar-refractivity contribution in [3.05, 3.63) is 94.2 Å². The van der Waals surface area contributed by atoms with Crippen LogP contribution in [-0.2, 0) is 4.84 Å². The zero-order valence-electron chi connectivity index (χ0n) is 27.0. The molecule has 0 amide bonds. The zero-order valence-corrected chi connectivity index (χ0v) is 32.7. The number of oxime groups is 2. The van der Waals surface area contributed by atoms with Gasteiger partial charge in [0.1, 0.15) is 29.4 Å². The summed E-state index contributed by atoms with van der Waals surface area (Å²) in [5, 5.41) is 16.1. The van der Waals surface area contributed by atoms with E-state index in [0.717, 1.165) is 32.6 Å². The number of alkyl halides is 1. The number of methoxy groups -OCH3 is 2. The molecule has 0 aliphatic rings. The summed E-state index contributed by atoms with van der Waals surface area (Å²) in [6.45, 7) is 11.2. The van der Waals surface area contributed by atoms with Crippen molar-refractivity contribution in [3.63, 3.8) is 0 Å². The summed E-state index contributed by atoms with van der Waals surface area (Å²) < 4.78 is 15.8. The van der Waals surface area contributed by atoms with E-state index >= 15 is 0 Å². The Labute approximate surface area is 315 Å². The molecule has 5 N–H and O–H groups in total. The number of imidazole rings is 2. The predicted molar refractivity (Wildman–Crippen MR) is 186 cm³/mol. The van der Waals surface area contributed by atoms with E-state index in [1.165, 1.54) is 14.2 Å². The van der Waals surface area contributed by atoms with Crippen LogP contribution < -0.4 is 50.5 Å². The largest absolute Gasteiger partial charge is 1.00 e. The zero-order chi connectivity index (χ0) is 33.5. The number of aryl methyl sites for hydroxylation is 2. The Hall–Kier alpha value is -3.22. The molecule has 0 radical (unpaired) electrons. The summed E-state index contributed by atoms with van der Waals surface area (Å²) in [6.07, 6.45) is 7.08. The van der Waals surface area contributed by atoms with E-state index in [-0.39, 0.29) is 49.3 Å². The maximum atomic E-state index is 8.61. The third kappa shape index (κ3) is 12.9. The van der Waals surface area contributed by atoms with Crippen LogP contribution in [0.15, 0.2) is 81.7 Å². The second-order valence-electron chi connectivity index (χ2n) is 8.70. The minimum absolute atomic E-state index is 0. The fourth-order valence-electron chi connectivity index (χ4n) is 3.22.